The van der Waals surface area contributed by atoms with Crippen molar-refractivity contribution in [3.8, 4) is 0 Å². The molecule has 1 atom stereocenters. The predicted molar refractivity (Wildman–Crippen MR) is 94.2 cm³/mol. The van der Waals surface area contributed by atoms with Crippen LogP contribution in [0.5, 0.6) is 0 Å². The van der Waals surface area contributed by atoms with E-state index in [4.69, 9.17) is 4.74 Å². The number of hydrogen-bond donors (Lipinski definition) is 1. The first-order valence-corrected chi connectivity index (χ1v) is 8.95. The number of nitrogens with one attached hydrogen (secondary N) is 1. The Morgan fingerprint density at radius 1 is 1.43 bits per heavy atom. The van der Waals surface area contributed by atoms with Gasteiger partial charge in [-0.25, -0.2) is 9.78 Å². The zero-order chi connectivity index (χ0) is 16.9. The Labute approximate surface area is 146 Å². The summed E-state index contributed by atoms with van der Waals surface area (Å²) in [7, 11) is 0. The molecule has 0 unspecified atom stereocenters. The van der Waals surface area contributed by atoms with E-state index in [1.54, 1.807) is 0 Å². The second kappa shape index (κ2) is 8.11. The normalized spacial score (nSPS) is 18.8. The van der Waals surface area contributed by atoms with Crippen molar-refractivity contribution >= 4 is 22.0 Å². The van der Waals surface area contributed by atoms with Gasteiger partial charge in [0, 0.05) is 31.9 Å². The van der Waals surface area contributed by atoms with E-state index in [2.05, 4.69) is 26.2 Å². The highest BCUT2D eigenvalue weighted by Gasteiger charge is 2.30. The van der Waals surface area contributed by atoms with Gasteiger partial charge in [-0.3, -0.25) is 0 Å². The minimum atomic E-state index is -0.449. The standard InChI is InChI=1S/C17H26BrN3O2/c1-17(2,3)23-16(22)21-9-5-4-6-14(21)12-19-10-13-7-8-15(18)20-11-13/h7-8,11,14,19H,4-6,9-10,12H2,1-3H3/t14-/m0/s1. The minimum absolute atomic E-state index is 0.196. The molecule has 0 bridgehead atoms. The fourth-order valence-electron chi connectivity index (χ4n) is 2.67. The summed E-state index contributed by atoms with van der Waals surface area (Å²) in [6.45, 7) is 8.02. The number of nitrogens with zero attached hydrogens (tertiary/aromatic N) is 2. The highest BCUT2D eigenvalue weighted by atomic mass is 79.9. The summed E-state index contributed by atoms with van der Waals surface area (Å²) >= 11 is 3.33. The quantitative estimate of drug-likeness (QED) is 0.804. The molecular weight excluding hydrogens is 358 g/mol. The average Bonchev–Trinajstić information content (AvgIpc) is 2.48. The molecule has 0 saturated carbocycles. The van der Waals surface area contributed by atoms with E-state index >= 15 is 0 Å². The Bertz CT molecular complexity index is 514. The molecule has 0 radical (unpaired) electrons. The summed E-state index contributed by atoms with van der Waals surface area (Å²) in [6.07, 6.45) is 4.88. The van der Waals surface area contributed by atoms with Crippen LogP contribution in [0.3, 0.4) is 0 Å². The predicted octanol–water partition coefficient (Wildman–Crippen LogP) is 3.72. The Morgan fingerprint density at radius 3 is 2.87 bits per heavy atom. The molecule has 2 heterocycles. The number of carbonyl (C=O) groups is 1. The van der Waals surface area contributed by atoms with Gasteiger partial charge in [0.25, 0.3) is 0 Å². The molecule has 0 spiro atoms. The van der Waals surface area contributed by atoms with Crippen molar-refractivity contribution in [1.29, 1.82) is 0 Å². The maximum Gasteiger partial charge on any atom is 0.410 e. The van der Waals surface area contributed by atoms with Crippen LogP contribution in [0.25, 0.3) is 0 Å². The first kappa shape index (κ1) is 18.2. The van der Waals surface area contributed by atoms with Gasteiger partial charge in [0.1, 0.15) is 10.2 Å². The first-order valence-electron chi connectivity index (χ1n) is 8.16. The lowest BCUT2D eigenvalue weighted by Crippen LogP contribution is -2.50. The molecule has 0 aromatic carbocycles. The third-order valence-electron chi connectivity index (χ3n) is 3.75. The molecule has 23 heavy (non-hydrogen) atoms. The Kier molecular flexibility index (Phi) is 6.41. The van der Waals surface area contributed by atoms with E-state index < -0.39 is 5.60 Å². The van der Waals surface area contributed by atoms with Crippen LogP contribution in [0, 0.1) is 0 Å². The van der Waals surface area contributed by atoms with Crippen LogP contribution >= 0.6 is 15.9 Å². The Morgan fingerprint density at radius 2 is 2.22 bits per heavy atom. The molecular formula is C17H26BrN3O2. The molecule has 1 amide bonds. The van der Waals surface area contributed by atoms with Crippen LogP contribution in [-0.2, 0) is 11.3 Å². The summed E-state index contributed by atoms with van der Waals surface area (Å²) in [5, 5.41) is 3.43. The zero-order valence-corrected chi connectivity index (χ0v) is 15.7. The number of pyridine rings is 1. The maximum absolute atomic E-state index is 12.4. The highest BCUT2D eigenvalue weighted by molar-refractivity contribution is 9.10. The van der Waals surface area contributed by atoms with Gasteiger partial charge < -0.3 is 15.0 Å². The number of piperidine rings is 1. The number of ether oxygens (including phenoxy) is 1. The minimum Gasteiger partial charge on any atom is -0.444 e. The molecule has 1 N–H and O–H groups in total. The van der Waals surface area contributed by atoms with Crippen molar-refractivity contribution in [2.75, 3.05) is 13.1 Å². The van der Waals surface area contributed by atoms with Gasteiger partial charge in [-0.1, -0.05) is 6.07 Å². The first-order chi connectivity index (χ1) is 10.8. The second-order valence-electron chi connectivity index (χ2n) is 6.94. The van der Waals surface area contributed by atoms with Crippen LogP contribution < -0.4 is 5.32 Å². The molecule has 6 heteroatoms. The molecule has 1 aromatic heterocycles. The van der Waals surface area contributed by atoms with Crippen molar-refractivity contribution in [2.45, 2.75) is 58.2 Å². The Hall–Kier alpha value is -1.14. The molecule has 1 fully saturated rings. The van der Waals surface area contributed by atoms with Crippen LogP contribution in [0.1, 0.15) is 45.6 Å². The van der Waals surface area contributed by atoms with Gasteiger partial charge in [-0.2, -0.15) is 0 Å². The lowest BCUT2D eigenvalue weighted by molar-refractivity contribution is 0.00993. The third kappa shape index (κ3) is 6.11. The molecule has 0 aliphatic carbocycles. The summed E-state index contributed by atoms with van der Waals surface area (Å²) in [5.41, 5.74) is 0.683. The molecule has 128 valence electrons. The molecule has 5 nitrogen and oxygen atoms in total. The topological polar surface area (TPSA) is 54.5 Å². The molecule has 1 aliphatic heterocycles. The maximum atomic E-state index is 12.4. The van der Waals surface area contributed by atoms with Crippen LogP contribution in [0.15, 0.2) is 22.9 Å². The smallest absolute Gasteiger partial charge is 0.410 e. The van der Waals surface area contributed by atoms with E-state index in [0.29, 0.717) is 0 Å². The van der Waals surface area contributed by atoms with Crippen molar-refractivity contribution in [1.82, 2.24) is 15.2 Å². The number of rotatable bonds is 4. The Balaban J connectivity index is 1.86. The van der Waals surface area contributed by atoms with Gasteiger partial charge >= 0.3 is 6.09 Å². The fraction of sp³-hybridized carbons (Fsp3) is 0.647. The second-order valence-corrected chi connectivity index (χ2v) is 7.76. The molecule has 1 aromatic rings. The van der Waals surface area contributed by atoms with E-state index in [1.165, 1.54) is 0 Å². The lowest BCUT2D eigenvalue weighted by atomic mass is 10.0. The van der Waals surface area contributed by atoms with E-state index in [1.807, 2.05) is 44.0 Å². The van der Waals surface area contributed by atoms with E-state index in [-0.39, 0.29) is 12.1 Å². The van der Waals surface area contributed by atoms with Crippen LogP contribution in [0.2, 0.25) is 0 Å². The van der Waals surface area contributed by atoms with Gasteiger partial charge in [-0.15, -0.1) is 0 Å². The molecule has 1 aliphatic rings. The summed E-state index contributed by atoms with van der Waals surface area (Å²) in [6, 6.07) is 4.17. The monoisotopic (exact) mass is 383 g/mol. The number of halogens is 1. The number of carbonyl (C=O) groups excluding carboxylic acids is 1. The number of hydrogen-bond acceptors (Lipinski definition) is 4. The van der Waals surface area contributed by atoms with Gasteiger partial charge in [0.2, 0.25) is 0 Å². The zero-order valence-electron chi connectivity index (χ0n) is 14.1. The van der Waals surface area contributed by atoms with Crippen LogP contribution in [-0.4, -0.2) is 40.7 Å². The highest BCUT2D eigenvalue weighted by Crippen LogP contribution is 2.20. The average molecular weight is 384 g/mol. The van der Waals surface area contributed by atoms with Gasteiger partial charge in [0.05, 0.1) is 0 Å². The summed E-state index contributed by atoms with van der Waals surface area (Å²) in [5.74, 6) is 0. The van der Waals surface area contributed by atoms with Crippen molar-refractivity contribution < 1.29 is 9.53 Å². The van der Waals surface area contributed by atoms with E-state index in [9.17, 15) is 4.79 Å². The summed E-state index contributed by atoms with van der Waals surface area (Å²) < 4.78 is 6.37. The van der Waals surface area contributed by atoms with Gasteiger partial charge in [0.15, 0.2) is 0 Å². The lowest BCUT2D eigenvalue weighted by Gasteiger charge is -2.37. The van der Waals surface area contributed by atoms with Crippen molar-refractivity contribution in [3.05, 3.63) is 28.5 Å². The third-order valence-corrected chi connectivity index (χ3v) is 4.22. The fourth-order valence-corrected chi connectivity index (χ4v) is 2.90. The van der Waals surface area contributed by atoms with Crippen molar-refractivity contribution in [3.63, 3.8) is 0 Å². The van der Waals surface area contributed by atoms with Crippen molar-refractivity contribution in [2.24, 2.45) is 0 Å². The number of amides is 1. The number of aromatic nitrogens is 1. The largest absolute Gasteiger partial charge is 0.444 e. The van der Waals surface area contributed by atoms with E-state index in [0.717, 1.165) is 49.1 Å². The van der Waals surface area contributed by atoms with Crippen LogP contribution in [0.4, 0.5) is 4.79 Å². The summed E-state index contributed by atoms with van der Waals surface area (Å²) in [4.78, 5) is 18.5. The molecule has 1 saturated heterocycles. The molecule has 2 rings (SSSR count). The number of likely N-dealkylation sites (tertiary alicyclic amines) is 1. The van der Waals surface area contributed by atoms with Gasteiger partial charge in [-0.05, 0) is 67.6 Å². The SMILES string of the molecule is CC(C)(C)OC(=O)N1CCCC[C@H]1CNCc1ccc(Br)nc1.